The fourth-order valence-corrected chi connectivity index (χ4v) is 5.32. The monoisotopic (exact) mass is 410 g/mol. The van der Waals surface area contributed by atoms with Crippen molar-refractivity contribution >= 4 is 27.7 Å². The molecule has 0 radical (unpaired) electrons. The van der Waals surface area contributed by atoms with E-state index in [9.17, 15) is 13.2 Å². The second-order valence-corrected chi connectivity index (χ2v) is 9.21. The van der Waals surface area contributed by atoms with Gasteiger partial charge in [-0.25, -0.2) is 13.1 Å². The summed E-state index contributed by atoms with van der Waals surface area (Å²) in [5, 5.41) is 7.94. The molecule has 2 N–H and O–H groups in total. The van der Waals surface area contributed by atoms with E-state index in [1.807, 2.05) is 19.1 Å². The van der Waals surface area contributed by atoms with Crippen LogP contribution in [-0.2, 0) is 14.8 Å². The SMILES string of the molecule is Cc1ccc(C)c(S(=O)(=O)N2CCN(C(=O)CSc3nncn3N)CC2)c1. The molecule has 1 aliphatic rings. The first-order chi connectivity index (χ1) is 12.8. The van der Waals surface area contributed by atoms with Crippen molar-refractivity contribution in [1.82, 2.24) is 24.1 Å². The third-order valence-electron chi connectivity index (χ3n) is 4.42. The molecule has 11 heteroatoms. The zero-order valence-corrected chi connectivity index (χ0v) is 16.8. The minimum absolute atomic E-state index is 0.0771. The number of aromatic nitrogens is 3. The van der Waals surface area contributed by atoms with E-state index >= 15 is 0 Å². The van der Waals surface area contributed by atoms with Gasteiger partial charge in [0.15, 0.2) is 0 Å². The van der Waals surface area contributed by atoms with Crippen LogP contribution in [0.5, 0.6) is 0 Å². The summed E-state index contributed by atoms with van der Waals surface area (Å²) in [5.74, 6) is 5.73. The Bertz CT molecular complexity index is 935. The highest BCUT2D eigenvalue weighted by Crippen LogP contribution is 2.23. The maximum atomic E-state index is 12.9. The summed E-state index contributed by atoms with van der Waals surface area (Å²) in [6.07, 6.45) is 1.36. The molecule has 0 aliphatic carbocycles. The Morgan fingerprint density at radius 2 is 1.93 bits per heavy atom. The molecule has 0 bridgehead atoms. The quantitative estimate of drug-likeness (QED) is 0.554. The predicted molar refractivity (Wildman–Crippen MR) is 102 cm³/mol. The van der Waals surface area contributed by atoms with Crippen LogP contribution in [-0.4, -0.2) is 70.3 Å². The van der Waals surface area contributed by atoms with Crippen LogP contribution >= 0.6 is 11.8 Å². The van der Waals surface area contributed by atoms with Crippen molar-refractivity contribution < 1.29 is 13.2 Å². The molecule has 2 heterocycles. The molecular weight excluding hydrogens is 388 g/mol. The first kappa shape index (κ1) is 19.6. The molecule has 1 saturated heterocycles. The Hall–Kier alpha value is -2.11. The number of piperazine rings is 1. The largest absolute Gasteiger partial charge is 0.339 e. The lowest BCUT2D eigenvalue weighted by molar-refractivity contribution is -0.129. The van der Waals surface area contributed by atoms with Crippen molar-refractivity contribution in [3.8, 4) is 0 Å². The predicted octanol–water partition coefficient (Wildman–Crippen LogP) is 0.234. The van der Waals surface area contributed by atoms with Gasteiger partial charge in [-0.2, -0.15) is 4.31 Å². The maximum Gasteiger partial charge on any atom is 0.243 e. The van der Waals surface area contributed by atoms with Crippen LogP contribution in [0.1, 0.15) is 11.1 Å². The fraction of sp³-hybridized carbons (Fsp3) is 0.438. The number of carbonyl (C=O) groups is 1. The lowest BCUT2D eigenvalue weighted by Crippen LogP contribution is -2.51. The van der Waals surface area contributed by atoms with Gasteiger partial charge in [-0.3, -0.25) is 4.79 Å². The number of hydrogen-bond acceptors (Lipinski definition) is 7. The lowest BCUT2D eigenvalue weighted by Gasteiger charge is -2.34. The van der Waals surface area contributed by atoms with Crippen molar-refractivity contribution in [3.05, 3.63) is 35.7 Å². The molecule has 146 valence electrons. The molecule has 2 aromatic rings. The molecule has 0 spiro atoms. The van der Waals surface area contributed by atoms with Gasteiger partial charge in [-0.05, 0) is 31.0 Å². The van der Waals surface area contributed by atoms with E-state index in [-0.39, 0.29) is 24.7 Å². The van der Waals surface area contributed by atoms with E-state index in [0.29, 0.717) is 23.1 Å². The molecule has 1 fully saturated rings. The molecule has 1 amide bonds. The second-order valence-electron chi connectivity index (χ2n) is 6.36. The number of hydrogen-bond donors (Lipinski definition) is 1. The van der Waals surface area contributed by atoms with Crippen LogP contribution in [0, 0.1) is 13.8 Å². The zero-order valence-electron chi connectivity index (χ0n) is 15.2. The first-order valence-electron chi connectivity index (χ1n) is 8.42. The van der Waals surface area contributed by atoms with Crippen molar-refractivity contribution in [2.75, 3.05) is 37.8 Å². The molecule has 3 rings (SSSR count). The second kappa shape index (κ2) is 7.87. The van der Waals surface area contributed by atoms with Gasteiger partial charge < -0.3 is 10.7 Å². The van der Waals surface area contributed by atoms with E-state index in [1.54, 1.807) is 17.9 Å². The summed E-state index contributed by atoms with van der Waals surface area (Å²) in [6.45, 7) is 4.93. The number of benzene rings is 1. The highest BCUT2D eigenvalue weighted by molar-refractivity contribution is 7.99. The van der Waals surface area contributed by atoms with Crippen LogP contribution in [0.2, 0.25) is 0 Å². The van der Waals surface area contributed by atoms with E-state index < -0.39 is 10.0 Å². The summed E-state index contributed by atoms with van der Waals surface area (Å²) >= 11 is 1.20. The number of sulfonamides is 1. The zero-order chi connectivity index (χ0) is 19.6. The third-order valence-corrected chi connectivity index (χ3v) is 7.40. The smallest absolute Gasteiger partial charge is 0.243 e. The number of aryl methyl sites for hydroxylation is 2. The van der Waals surface area contributed by atoms with Crippen molar-refractivity contribution in [2.24, 2.45) is 0 Å². The lowest BCUT2D eigenvalue weighted by atomic mass is 10.2. The molecule has 0 unspecified atom stereocenters. The molecule has 0 saturated carbocycles. The van der Waals surface area contributed by atoms with E-state index in [2.05, 4.69) is 10.2 Å². The molecule has 27 heavy (non-hydrogen) atoms. The van der Waals surface area contributed by atoms with Gasteiger partial charge in [-0.15, -0.1) is 10.2 Å². The summed E-state index contributed by atoms with van der Waals surface area (Å²) in [7, 11) is -3.57. The Kier molecular flexibility index (Phi) is 5.72. The summed E-state index contributed by atoms with van der Waals surface area (Å²) in [4.78, 5) is 14.4. The van der Waals surface area contributed by atoms with Crippen molar-refractivity contribution in [3.63, 3.8) is 0 Å². The number of thioether (sulfide) groups is 1. The molecule has 1 aromatic heterocycles. The molecule has 0 atom stereocenters. The average Bonchev–Trinajstić information content (AvgIpc) is 3.06. The van der Waals surface area contributed by atoms with Gasteiger partial charge in [0.2, 0.25) is 21.1 Å². The Balaban J connectivity index is 1.60. The molecule has 1 aliphatic heterocycles. The Morgan fingerprint density at radius 1 is 1.22 bits per heavy atom. The number of carbonyl (C=O) groups excluding carboxylic acids is 1. The first-order valence-corrected chi connectivity index (χ1v) is 10.8. The number of nitrogens with two attached hydrogens (primary N) is 1. The summed E-state index contributed by atoms with van der Waals surface area (Å²) in [5.41, 5.74) is 1.62. The number of nitrogen functional groups attached to an aromatic ring is 1. The maximum absolute atomic E-state index is 12.9. The van der Waals surface area contributed by atoms with Crippen LogP contribution in [0.25, 0.3) is 0 Å². The highest BCUT2D eigenvalue weighted by atomic mass is 32.2. The topological polar surface area (TPSA) is 114 Å². The van der Waals surface area contributed by atoms with Crippen molar-refractivity contribution in [2.45, 2.75) is 23.9 Å². The Morgan fingerprint density at radius 3 is 2.56 bits per heavy atom. The molecular formula is C16H22N6O3S2. The van der Waals surface area contributed by atoms with Crippen LogP contribution in [0.15, 0.2) is 34.6 Å². The molecule has 1 aromatic carbocycles. The summed E-state index contributed by atoms with van der Waals surface area (Å²) < 4.78 is 28.6. The Labute approximate surface area is 162 Å². The fourth-order valence-electron chi connectivity index (χ4n) is 2.86. The van der Waals surface area contributed by atoms with Gasteiger partial charge in [-0.1, -0.05) is 23.9 Å². The van der Waals surface area contributed by atoms with Crippen LogP contribution < -0.4 is 5.84 Å². The summed E-state index contributed by atoms with van der Waals surface area (Å²) in [6, 6.07) is 5.40. The van der Waals surface area contributed by atoms with Crippen LogP contribution in [0.4, 0.5) is 0 Å². The van der Waals surface area contributed by atoms with E-state index in [4.69, 9.17) is 5.84 Å². The number of amides is 1. The van der Waals surface area contributed by atoms with E-state index in [1.165, 1.54) is 27.1 Å². The average molecular weight is 411 g/mol. The van der Waals surface area contributed by atoms with Gasteiger partial charge in [0.05, 0.1) is 10.6 Å². The minimum Gasteiger partial charge on any atom is -0.339 e. The van der Waals surface area contributed by atoms with Gasteiger partial charge in [0.1, 0.15) is 6.33 Å². The normalized spacial score (nSPS) is 15.9. The van der Waals surface area contributed by atoms with Gasteiger partial charge in [0.25, 0.3) is 0 Å². The number of rotatable bonds is 5. The van der Waals surface area contributed by atoms with Gasteiger partial charge >= 0.3 is 0 Å². The molecule has 9 nitrogen and oxygen atoms in total. The number of nitrogens with zero attached hydrogens (tertiary/aromatic N) is 5. The third kappa shape index (κ3) is 4.25. The van der Waals surface area contributed by atoms with Crippen LogP contribution in [0.3, 0.4) is 0 Å². The van der Waals surface area contributed by atoms with E-state index in [0.717, 1.165) is 11.1 Å². The standard InChI is InChI=1S/C16H22N6O3S2/c1-12-3-4-13(2)14(9-12)27(24,25)21-7-5-20(6-8-21)15(23)10-26-16-19-18-11-22(16)17/h3-4,9,11H,5-8,10,17H2,1-2H3. The van der Waals surface area contributed by atoms with Crippen molar-refractivity contribution in [1.29, 1.82) is 0 Å². The highest BCUT2D eigenvalue weighted by Gasteiger charge is 2.31. The van der Waals surface area contributed by atoms with Gasteiger partial charge in [0, 0.05) is 26.2 Å². The minimum atomic E-state index is -3.57.